The second kappa shape index (κ2) is 10.6. The van der Waals surface area contributed by atoms with Crippen LogP contribution in [0, 0.1) is 6.92 Å². The van der Waals surface area contributed by atoms with Gasteiger partial charge in [-0.25, -0.2) is 4.79 Å². The summed E-state index contributed by atoms with van der Waals surface area (Å²) in [5, 5.41) is 0.149. The molecule has 0 aliphatic rings. The lowest BCUT2D eigenvalue weighted by Gasteiger charge is -2.36. The van der Waals surface area contributed by atoms with Gasteiger partial charge in [-0.05, 0) is 65.5 Å². The number of benzene rings is 3. The molecule has 0 aromatic heterocycles. The lowest BCUT2D eigenvalue weighted by Crippen LogP contribution is -2.40. The molecule has 4 nitrogen and oxygen atoms in total. The Hall–Kier alpha value is -2.89. The van der Waals surface area contributed by atoms with E-state index >= 15 is 0 Å². The summed E-state index contributed by atoms with van der Waals surface area (Å²) in [6.07, 6.45) is 0. The Morgan fingerprint density at radius 2 is 1.56 bits per heavy atom. The van der Waals surface area contributed by atoms with E-state index in [1.54, 1.807) is 0 Å². The van der Waals surface area contributed by atoms with E-state index in [1.807, 2.05) is 67.6 Å². The lowest BCUT2D eigenvalue weighted by atomic mass is 9.94. The molecule has 34 heavy (non-hydrogen) atoms. The highest BCUT2D eigenvalue weighted by molar-refractivity contribution is 6.74. The Morgan fingerprint density at radius 3 is 2.24 bits per heavy atom. The second-order valence-corrected chi connectivity index (χ2v) is 14.9. The fourth-order valence-corrected chi connectivity index (χ4v) is 4.42. The minimum absolute atomic E-state index is 0.149. The first-order valence-corrected chi connectivity index (χ1v) is 14.6. The van der Waals surface area contributed by atoms with Gasteiger partial charge in [0.05, 0.1) is 19.3 Å². The molecule has 0 unspecified atom stereocenters. The van der Waals surface area contributed by atoms with Crippen molar-refractivity contribution >= 4 is 14.3 Å². The maximum atomic E-state index is 12.4. The molecule has 0 aliphatic heterocycles. The Balaban J connectivity index is 1.83. The lowest BCUT2D eigenvalue weighted by molar-refractivity contribution is 0.0601. The van der Waals surface area contributed by atoms with Crippen LogP contribution >= 0.6 is 0 Å². The van der Waals surface area contributed by atoms with Gasteiger partial charge in [0.25, 0.3) is 0 Å². The van der Waals surface area contributed by atoms with Crippen LogP contribution < -0.4 is 4.74 Å². The summed E-state index contributed by atoms with van der Waals surface area (Å²) < 4.78 is 17.7. The molecule has 3 rings (SSSR count). The van der Waals surface area contributed by atoms with Crippen molar-refractivity contribution in [3.8, 4) is 16.9 Å². The van der Waals surface area contributed by atoms with Gasteiger partial charge in [0, 0.05) is 5.56 Å². The van der Waals surface area contributed by atoms with E-state index in [1.165, 1.54) is 7.11 Å². The van der Waals surface area contributed by atoms with Gasteiger partial charge in [0.1, 0.15) is 12.4 Å². The van der Waals surface area contributed by atoms with Gasteiger partial charge < -0.3 is 13.9 Å². The first-order chi connectivity index (χ1) is 16.0. The van der Waals surface area contributed by atoms with Gasteiger partial charge >= 0.3 is 5.97 Å². The monoisotopic (exact) mass is 476 g/mol. The number of carbonyl (C=O) groups is 1. The fraction of sp³-hybridized carbons (Fsp3) is 0.345. The second-order valence-electron chi connectivity index (χ2n) is 10.1. The van der Waals surface area contributed by atoms with Gasteiger partial charge in [0.2, 0.25) is 0 Å². The zero-order chi connectivity index (χ0) is 24.9. The van der Waals surface area contributed by atoms with Gasteiger partial charge in [-0.3, -0.25) is 0 Å². The zero-order valence-electron chi connectivity index (χ0n) is 21.4. The average molecular weight is 477 g/mol. The highest BCUT2D eigenvalue weighted by Gasteiger charge is 2.37. The van der Waals surface area contributed by atoms with Crippen molar-refractivity contribution in [1.29, 1.82) is 0 Å². The standard InChI is InChI=1S/C29H36O4Si/c1-21-12-8-10-14-24(21)26-18-22(16-17-25(26)28(30)31-5)19-32-27-15-11-9-13-23(27)20-33-34(6,7)29(2,3)4/h8-18H,19-20H2,1-7H3. The van der Waals surface area contributed by atoms with Crippen molar-refractivity contribution in [3.63, 3.8) is 0 Å². The van der Waals surface area contributed by atoms with Crippen LogP contribution in [-0.4, -0.2) is 21.4 Å². The van der Waals surface area contributed by atoms with Gasteiger partial charge in [-0.15, -0.1) is 0 Å². The van der Waals surface area contributed by atoms with E-state index < -0.39 is 8.32 Å². The normalized spacial score (nSPS) is 11.9. The molecule has 3 aromatic carbocycles. The first kappa shape index (κ1) is 25.7. The number of hydrogen-bond acceptors (Lipinski definition) is 4. The largest absolute Gasteiger partial charge is 0.489 e. The molecule has 0 atom stereocenters. The summed E-state index contributed by atoms with van der Waals surface area (Å²) in [6, 6.07) is 21.8. The molecule has 0 N–H and O–H groups in total. The Kier molecular flexibility index (Phi) is 8.00. The number of hydrogen-bond donors (Lipinski definition) is 0. The first-order valence-electron chi connectivity index (χ1n) is 11.7. The van der Waals surface area contributed by atoms with E-state index in [9.17, 15) is 4.79 Å². The van der Waals surface area contributed by atoms with Crippen LogP contribution in [0.15, 0.2) is 66.7 Å². The SMILES string of the molecule is COC(=O)c1ccc(COc2ccccc2CO[Si](C)(C)C(C)(C)C)cc1-c1ccccc1C. The summed E-state index contributed by atoms with van der Waals surface area (Å²) in [6.45, 7) is 14.2. The molecule has 0 amide bonds. The van der Waals surface area contributed by atoms with Crippen molar-refractivity contribution in [3.05, 3.63) is 89.0 Å². The third kappa shape index (κ3) is 5.96. The van der Waals surface area contributed by atoms with E-state index in [0.717, 1.165) is 33.6 Å². The number of para-hydroxylation sites is 1. The molecule has 0 heterocycles. The number of esters is 1. The Morgan fingerprint density at radius 1 is 0.882 bits per heavy atom. The van der Waals surface area contributed by atoms with Crippen LogP contribution in [0.1, 0.15) is 47.8 Å². The maximum absolute atomic E-state index is 12.4. The van der Waals surface area contributed by atoms with E-state index in [-0.39, 0.29) is 11.0 Å². The smallest absolute Gasteiger partial charge is 0.338 e. The summed E-state index contributed by atoms with van der Waals surface area (Å²) in [5.74, 6) is 0.467. The number of ether oxygens (including phenoxy) is 2. The van der Waals surface area contributed by atoms with Gasteiger partial charge in [-0.2, -0.15) is 0 Å². The molecular formula is C29H36O4Si. The fourth-order valence-electron chi connectivity index (χ4n) is 3.47. The molecule has 0 saturated carbocycles. The van der Waals surface area contributed by atoms with Crippen LogP contribution in [0.2, 0.25) is 18.1 Å². The number of rotatable bonds is 8. The molecule has 0 spiro atoms. The third-order valence-electron chi connectivity index (χ3n) is 6.69. The summed E-state index contributed by atoms with van der Waals surface area (Å²) in [4.78, 5) is 12.4. The molecule has 0 radical (unpaired) electrons. The van der Waals surface area contributed by atoms with E-state index in [0.29, 0.717) is 18.8 Å². The van der Waals surface area contributed by atoms with Crippen molar-refractivity contribution < 1.29 is 18.7 Å². The van der Waals surface area contributed by atoms with Crippen molar-refractivity contribution in [2.45, 2.75) is 59.0 Å². The minimum atomic E-state index is -1.87. The predicted molar refractivity (Wildman–Crippen MR) is 141 cm³/mol. The molecule has 0 aliphatic carbocycles. The van der Waals surface area contributed by atoms with E-state index in [2.05, 4.69) is 39.9 Å². The van der Waals surface area contributed by atoms with Crippen LogP contribution in [0.4, 0.5) is 0 Å². The predicted octanol–water partition coefficient (Wildman–Crippen LogP) is 7.55. The zero-order valence-corrected chi connectivity index (χ0v) is 22.4. The van der Waals surface area contributed by atoms with Crippen molar-refractivity contribution in [2.24, 2.45) is 0 Å². The highest BCUT2D eigenvalue weighted by Crippen LogP contribution is 2.37. The molecule has 180 valence electrons. The molecule has 0 bridgehead atoms. The molecular weight excluding hydrogens is 440 g/mol. The maximum Gasteiger partial charge on any atom is 0.338 e. The van der Waals surface area contributed by atoms with Crippen LogP contribution in [0.25, 0.3) is 11.1 Å². The van der Waals surface area contributed by atoms with Crippen LogP contribution in [0.5, 0.6) is 5.75 Å². The number of aryl methyl sites for hydroxylation is 1. The topological polar surface area (TPSA) is 44.8 Å². The molecule has 0 fully saturated rings. The van der Waals surface area contributed by atoms with Gasteiger partial charge in [-0.1, -0.05) is 69.3 Å². The average Bonchev–Trinajstić information content (AvgIpc) is 2.81. The van der Waals surface area contributed by atoms with Gasteiger partial charge in [0.15, 0.2) is 8.32 Å². The number of carbonyl (C=O) groups excluding carboxylic acids is 1. The van der Waals surface area contributed by atoms with E-state index in [4.69, 9.17) is 13.9 Å². The Labute approximate surface area is 205 Å². The Bertz CT molecular complexity index is 1140. The minimum Gasteiger partial charge on any atom is -0.489 e. The van der Waals surface area contributed by atoms with Crippen molar-refractivity contribution in [1.82, 2.24) is 0 Å². The van der Waals surface area contributed by atoms with Crippen molar-refractivity contribution in [2.75, 3.05) is 7.11 Å². The molecule has 0 saturated heterocycles. The summed E-state index contributed by atoms with van der Waals surface area (Å²) >= 11 is 0. The van der Waals surface area contributed by atoms with Crippen LogP contribution in [0.3, 0.4) is 0 Å². The molecule has 3 aromatic rings. The number of methoxy groups -OCH3 is 1. The molecule has 5 heteroatoms. The summed E-state index contributed by atoms with van der Waals surface area (Å²) in [5.41, 5.74) is 5.51. The quantitative estimate of drug-likeness (QED) is 0.249. The van der Waals surface area contributed by atoms with Crippen LogP contribution in [-0.2, 0) is 22.4 Å². The summed E-state index contributed by atoms with van der Waals surface area (Å²) in [7, 11) is -0.461. The highest BCUT2D eigenvalue weighted by atomic mass is 28.4. The third-order valence-corrected chi connectivity index (χ3v) is 11.2.